The molecule has 1 unspecified atom stereocenters. The highest BCUT2D eigenvalue weighted by molar-refractivity contribution is 5.94. The molecule has 1 saturated heterocycles. The maximum Gasteiger partial charge on any atom is 0.198 e. The van der Waals surface area contributed by atoms with Gasteiger partial charge < -0.3 is 20.3 Å². The molecular formula is C24H34N4O. The molecule has 0 aliphatic carbocycles. The third kappa shape index (κ3) is 5.97. The number of hydrogen-bond acceptors (Lipinski definition) is 3. The van der Waals surface area contributed by atoms with Crippen LogP contribution in [0.2, 0.25) is 0 Å². The number of ether oxygens (including phenoxy) is 1. The van der Waals surface area contributed by atoms with Gasteiger partial charge in [0.25, 0.3) is 0 Å². The highest BCUT2D eigenvalue weighted by Crippen LogP contribution is 2.23. The highest BCUT2D eigenvalue weighted by Gasteiger charge is 2.23. The summed E-state index contributed by atoms with van der Waals surface area (Å²) in [5.41, 5.74) is 9.18. The van der Waals surface area contributed by atoms with Gasteiger partial charge in [0.2, 0.25) is 0 Å². The predicted molar refractivity (Wildman–Crippen MR) is 121 cm³/mol. The molecule has 3 N–H and O–H groups in total. The third-order valence-electron chi connectivity index (χ3n) is 5.47. The molecule has 0 bridgehead atoms. The Balaban J connectivity index is 1.66. The molecule has 1 atom stereocenters. The summed E-state index contributed by atoms with van der Waals surface area (Å²) in [7, 11) is 0. The Labute approximate surface area is 175 Å². The molecule has 0 spiro atoms. The lowest BCUT2D eigenvalue weighted by molar-refractivity contribution is 0.268. The molecule has 1 fully saturated rings. The number of guanidine groups is 1. The Morgan fingerprint density at radius 1 is 1.17 bits per heavy atom. The Morgan fingerprint density at radius 2 is 1.90 bits per heavy atom. The molecule has 3 rings (SSSR count). The second kappa shape index (κ2) is 10.3. The summed E-state index contributed by atoms with van der Waals surface area (Å²) >= 11 is 0. The van der Waals surface area contributed by atoms with E-state index in [1.165, 1.54) is 12.0 Å². The number of hydrogen-bond donors (Lipinski definition) is 2. The quantitative estimate of drug-likeness (QED) is 0.540. The first-order valence-electron chi connectivity index (χ1n) is 10.7. The van der Waals surface area contributed by atoms with Crippen LogP contribution >= 0.6 is 0 Å². The standard InChI is InChI=1S/C24H34N4O/c1-19-6-8-21(9-7-19)18-29-23-12-10-22(11-13-23)28(16-4-14-25)24(26)27-15-3-5-20(2)17-27/h6-13,20,26H,3-5,14-18,25H2,1-2H3. The van der Waals surface area contributed by atoms with Crippen LogP contribution in [0.1, 0.15) is 37.3 Å². The monoisotopic (exact) mass is 394 g/mol. The lowest BCUT2D eigenvalue weighted by atomic mass is 10.0. The van der Waals surface area contributed by atoms with Gasteiger partial charge in [-0.05, 0) is 68.5 Å². The molecule has 0 radical (unpaired) electrons. The van der Waals surface area contributed by atoms with Gasteiger partial charge in [-0.25, -0.2) is 0 Å². The topological polar surface area (TPSA) is 65.6 Å². The Hall–Kier alpha value is -2.53. The van der Waals surface area contributed by atoms with Gasteiger partial charge >= 0.3 is 0 Å². The Morgan fingerprint density at radius 3 is 2.55 bits per heavy atom. The summed E-state index contributed by atoms with van der Waals surface area (Å²) in [6.07, 6.45) is 3.26. The molecule has 5 nitrogen and oxygen atoms in total. The molecule has 1 heterocycles. The fraction of sp³-hybridized carbons (Fsp3) is 0.458. The molecule has 0 aromatic heterocycles. The van der Waals surface area contributed by atoms with Crippen molar-refractivity contribution in [2.24, 2.45) is 11.7 Å². The van der Waals surface area contributed by atoms with E-state index >= 15 is 0 Å². The van der Waals surface area contributed by atoms with Crippen molar-refractivity contribution in [3.05, 3.63) is 59.7 Å². The van der Waals surface area contributed by atoms with Crippen LogP contribution in [-0.2, 0) is 6.61 Å². The van der Waals surface area contributed by atoms with Crippen molar-refractivity contribution < 1.29 is 4.74 Å². The summed E-state index contributed by atoms with van der Waals surface area (Å²) < 4.78 is 5.94. The molecule has 2 aromatic carbocycles. The number of aryl methyl sites for hydroxylation is 1. The average molecular weight is 395 g/mol. The summed E-state index contributed by atoms with van der Waals surface area (Å²) in [6, 6.07) is 16.5. The van der Waals surface area contributed by atoms with E-state index in [4.69, 9.17) is 15.9 Å². The number of nitrogens with one attached hydrogen (secondary N) is 1. The normalized spacial score (nSPS) is 16.5. The van der Waals surface area contributed by atoms with Gasteiger partial charge in [-0.3, -0.25) is 5.41 Å². The molecular weight excluding hydrogens is 360 g/mol. The van der Waals surface area contributed by atoms with E-state index in [9.17, 15) is 0 Å². The van der Waals surface area contributed by atoms with Crippen LogP contribution in [0.5, 0.6) is 5.75 Å². The number of anilines is 1. The van der Waals surface area contributed by atoms with Gasteiger partial charge in [0.05, 0.1) is 0 Å². The molecule has 0 amide bonds. The van der Waals surface area contributed by atoms with Crippen LogP contribution in [0.4, 0.5) is 5.69 Å². The van der Waals surface area contributed by atoms with E-state index in [-0.39, 0.29) is 0 Å². The number of likely N-dealkylation sites (tertiary alicyclic amines) is 1. The van der Waals surface area contributed by atoms with Crippen LogP contribution in [0.25, 0.3) is 0 Å². The molecule has 29 heavy (non-hydrogen) atoms. The van der Waals surface area contributed by atoms with E-state index in [1.54, 1.807) is 0 Å². The van der Waals surface area contributed by atoms with Crippen LogP contribution in [0.3, 0.4) is 0 Å². The number of piperidine rings is 1. The van der Waals surface area contributed by atoms with Crippen LogP contribution < -0.4 is 15.4 Å². The van der Waals surface area contributed by atoms with Crippen molar-refractivity contribution in [1.29, 1.82) is 5.41 Å². The van der Waals surface area contributed by atoms with E-state index in [0.717, 1.165) is 49.5 Å². The lowest BCUT2D eigenvalue weighted by Gasteiger charge is -2.38. The molecule has 1 aliphatic heterocycles. The fourth-order valence-corrected chi connectivity index (χ4v) is 3.73. The van der Waals surface area contributed by atoms with Crippen molar-refractivity contribution in [1.82, 2.24) is 4.90 Å². The van der Waals surface area contributed by atoms with Crippen molar-refractivity contribution in [2.75, 3.05) is 31.1 Å². The maximum absolute atomic E-state index is 8.79. The number of nitrogens with two attached hydrogens (primary N) is 1. The number of benzene rings is 2. The Kier molecular flexibility index (Phi) is 7.53. The van der Waals surface area contributed by atoms with Gasteiger partial charge in [-0.2, -0.15) is 0 Å². The molecule has 2 aromatic rings. The van der Waals surface area contributed by atoms with E-state index in [0.29, 0.717) is 25.0 Å². The van der Waals surface area contributed by atoms with Crippen LogP contribution in [-0.4, -0.2) is 37.0 Å². The second-order valence-corrected chi connectivity index (χ2v) is 8.08. The maximum atomic E-state index is 8.79. The molecule has 156 valence electrons. The van der Waals surface area contributed by atoms with Crippen LogP contribution in [0, 0.1) is 18.3 Å². The van der Waals surface area contributed by atoms with E-state index < -0.39 is 0 Å². The van der Waals surface area contributed by atoms with Crippen LogP contribution in [0.15, 0.2) is 48.5 Å². The first-order valence-corrected chi connectivity index (χ1v) is 10.7. The summed E-state index contributed by atoms with van der Waals surface area (Å²) in [6.45, 7) is 8.20. The summed E-state index contributed by atoms with van der Waals surface area (Å²) in [4.78, 5) is 4.28. The van der Waals surface area contributed by atoms with Crippen molar-refractivity contribution in [2.45, 2.75) is 39.7 Å². The number of nitrogens with zero attached hydrogens (tertiary/aromatic N) is 2. The minimum absolute atomic E-state index is 0.554. The van der Waals surface area contributed by atoms with Crippen molar-refractivity contribution in [3.63, 3.8) is 0 Å². The van der Waals surface area contributed by atoms with Crippen molar-refractivity contribution >= 4 is 11.6 Å². The zero-order valence-electron chi connectivity index (χ0n) is 17.7. The first kappa shape index (κ1) is 21.2. The van der Waals surface area contributed by atoms with Gasteiger partial charge in [-0.15, -0.1) is 0 Å². The van der Waals surface area contributed by atoms with Gasteiger partial charge in [0.1, 0.15) is 12.4 Å². The minimum Gasteiger partial charge on any atom is -0.489 e. The summed E-state index contributed by atoms with van der Waals surface area (Å²) in [5, 5.41) is 8.79. The fourth-order valence-electron chi connectivity index (χ4n) is 3.73. The van der Waals surface area contributed by atoms with E-state index in [1.807, 2.05) is 24.3 Å². The smallest absolute Gasteiger partial charge is 0.198 e. The van der Waals surface area contributed by atoms with Gasteiger partial charge in [-0.1, -0.05) is 36.8 Å². The zero-order chi connectivity index (χ0) is 20.6. The van der Waals surface area contributed by atoms with Gasteiger partial charge in [0.15, 0.2) is 5.96 Å². The molecule has 1 aliphatic rings. The minimum atomic E-state index is 0.554. The first-order chi connectivity index (χ1) is 14.1. The van der Waals surface area contributed by atoms with Gasteiger partial charge in [0, 0.05) is 25.3 Å². The number of rotatable bonds is 7. The SMILES string of the molecule is Cc1ccc(COc2ccc(N(CCCN)C(=N)N3CCCC(C)C3)cc2)cc1. The zero-order valence-corrected chi connectivity index (χ0v) is 17.7. The summed E-state index contributed by atoms with van der Waals surface area (Å²) in [5.74, 6) is 2.06. The van der Waals surface area contributed by atoms with E-state index in [2.05, 4.69) is 47.9 Å². The average Bonchev–Trinajstić information content (AvgIpc) is 2.74. The molecule has 5 heteroatoms. The Bertz CT molecular complexity index is 772. The van der Waals surface area contributed by atoms with Crippen molar-refractivity contribution in [3.8, 4) is 5.75 Å². The lowest BCUT2D eigenvalue weighted by Crippen LogP contribution is -2.48. The highest BCUT2D eigenvalue weighted by atomic mass is 16.5. The largest absolute Gasteiger partial charge is 0.489 e. The second-order valence-electron chi connectivity index (χ2n) is 8.08. The predicted octanol–water partition coefficient (Wildman–Crippen LogP) is 4.40. The third-order valence-corrected chi connectivity index (χ3v) is 5.47. The molecule has 0 saturated carbocycles.